The molecule has 134 valence electrons. The Kier molecular flexibility index (Phi) is 4.36. The number of nitrogens with zero attached hydrogens (tertiary/aromatic N) is 1. The number of carbonyl (C=O) groups is 2. The van der Waals surface area contributed by atoms with Crippen LogP contribution in [-0.4, -0.2) is 36.0 Å². The zero-order valence-electron chi connectivity index (χ0n) is 14.2. The van der Waals surface area contributed by atoms with E-state index in [0.717, 1.165) is 37.8 Å². The molecule has 3 amide bonds. The van der Waals surface area contributed by atoms with Crippen LogP contribution < -0.4 is 10.6 Å². The molecule has 0 unspecified atom stereocenters. The standard InChI is InChI=1S/C19H24FN3O2/c20-15-5-3-14(4-6-15)18(13-1-2-13)22-19(25)21-10-12-9-17(24)23(11-12)16-7-8-16/h3-6,12-13,16,18H,1-2,7-11H2,(H2,21,22,25)/t12-,18+/m0/s1. The minimum Gasteiger partial charge on any atom is -0.339 e. The van der Waals surface area contributed by atoms with E-state index < -0.39 is 0 Å². The first kappa shape index (κ1) is 16.4. The summed E-state index contributed by atoms with van der Waals surface area (Å²) in [6.45, 7) is 1.27. The summed E-state index contributed by atoms with van der Waals surface area (Å²) in [5.41, 5.74) is 0.940. The van der Waals surface area contributed by atoms with Gasteiger partial charge in [0.25, 0.3) is 0 Å². The molecular formula is C19H24FN3O2. The molecule has 3 fully saturated rings. The van der Waals surface area contributed by atoms with Crippen molar-refractivity contribution in [3.05, 3.63) is 35.6 Å². The minimum atomic E-state index is -0.270. The summed E-state index contributed by atoms with van der Waals surface area (Å²) in [4.78, 5) is 26.2. The van der Waals surface area contributed by atoms with Crippen LogP contribution in [0.2, 0.25) is 0 Å². The quantitative estimate of drug-likeness (QED) is 0.832. The summed E-state index contributed by atoms with van der Waals surface area (Å²) in [5.74, 6) is 0.574. The molecule has 5 nitrogen and oxygen atoms in total. The zero-order valence-corrected chi connectivity index (χ0v) is 14.2. The highest BCUT2D eigenvalue weighted by molar-refractivity contribution is 5.79. The first-order valence-corrected chi connectivity index (χ1v) is 9.19. The van der Waals surface area contributed by atoms with E-state index in [1.165, 1.54) is 12.1 Å². The summed E-state index contributed by atoms with van der Waals surface area (Å²) in [5, 5.41) is 5.94. The summed E-state index contributed by atoms with van der Waals surface area (Å²) in [7, 11) is 0. The van der Waals surface area contributed by atoms with Crippen molar-refractivity contribution < 1.29 is 14.0 Å². The number of halogens is 1. The third-order valence-corrected chi connectivity index (χ3v) is 5.39. The molecule has 0 bridgehead atoms. The Morgan fingerprint density at radius 2 is 1.92 bits per heavy atom. The number of amides is 3. The zero-order chi connectivity index (χ0) is 17.4. The molecule has 2 saturated carbocycles. The van der Waals surface area contributed by atoms with Crippen molar-refractivity contribution in [2.45, 2.75) is 44.2 Å². The molecular weight excluding hydrogens is 321 g/mol. The number of carbonyl (C=O) groups excluding carboxylic acids is 2. The molecule has 0 spiro atoms. The molecule has 6 heteroatoms. The fraction of sp³-hybridized carbons (Fsp3) is 0.579. The fourth-order valence-electron chi connectivity index (χ4n) is 3.69. The van der Waals surface area contributed by atoms with E-state index in [4.69, 9.17) is 0 Å². The van der Waals surface area contributed by atoms with E-state index in [0.29, 0.717) is 24.9 Å². The maximum atomic E-state index is 13.1. The molecule has 1 aromatic rings. The Hall–Kier alpha value is -2.11. The normalized spacial score (nSPS) is 24.3. The molecule has 1 aromatic carbocycles. The van der Waals surface area contributed by atoms with Crippen LogP contribution in [-0.2, 0) is 4.79 Å². The summed E-state index contributed by atoms with van der Waals surface area (Å²) < 4.78 is 13.1. The van der Waals surface area contributed by atoms with E-state index in [9.17, 15) is 14.0 Å². The van der Waals surface area contributed by atoms with Crippen LogP contribution in [0.1, 0.15) is 43.7 Å². The molecule has 0 aromatic heterocycles. The van der Waals surface area contributed by atoms with E-state index >= 15 is 0 Å². The first-order valence-electron chi connectivity index (χ1n) is 9.19. The van der Waals surface area contributed by atoms with Crippen LogP contribution in [0.3, 0.4) is 0 Å². The van der Waals surface area contributed by atoms with Gasteiger partial charge in [0.15, 0.2) is 0 Å². The highest BCUT2D eigenvalue weighted by Crippen LogP contribution is 2.41. The number of nitrogens with one attached hydrogen (secondary N) is 2. The molecule has 3 aliphatic rings. The lowest BCUT2D eigenvalue weighted by Gasteiger charge is -2.20. The summed E-state index contributed by atoms with van der Waals surface area (Å²) >= 11 is 0. The molecule has 0 radical (unpaired) electrons. The Morgan fingerprint density at radius 3 is 2.56 bits per heavy atom. The summed E-state index contributed by atoms with van der Waals surface area (Å²) in [6, 6.07) is 6.50. The van der Waals surface area contributed by atoms with Crippen molar-refractivity contribution in [2.75, 3.05) is 13.1 Å². The Morgan fingerprint density at radius 1 is 1.20 bits per heavy atom. The Labute approximate surface area is 147 Å². The highest BCUT2D eigenvalue weighted by atomic mass is 19.1. The van der Waals surface area contributed by atoms with Crippen LogP contribution in [0, 0.1) is 17.7 Å². The van der Waals surface area contributed by atoms with Crippen LogP contribution >= 0.6 is 0 Å². The number of likely N-dealkylation sites (tertiary alicyclic amines) is 1. The monoisotopic (exact) mass is 345 g/mol. The second-order valence-corrected chi connectivity index (χ2v) is 7.57. The number of rotatable bonds is 6. The SMILES string of the molecule is O=C(NC[C@@H]1CC(=O)N(C2CC2)C1)N[C@@H](c1ccc(F)cc1)C1CC1. The van der Waals surface area contributed by atoms with Gasteiger partial charge in [0.05, 0.1) is 6.04 Å². The third kappa shape index (κ3) is 3.94. The fourth-order valence-corrected chi connectivity index (χ4v) is 3.69. The van der Waals surface area contributed by atoms with Gasteiger partial charge in [-0.2, -0.15) is 0 Å². The van der Waals surface area contributed by atoms with Crippen molar-refractivity contribution in [2.24, 2.45) is 11.8 Å². The van der Waals surface area contributed by atoms with Crippen molar-refractivity contribution in [1.29, 1.82) is 0 Å². The van der Waals surface area contributed by atoms with Crippen LogP contribution in [0.15, 0.2) is 24.3 Å². The third-order valence-electron chi connectivity index (χ3n) is 5.39. The number of hydrogen-bond donors (Lipinski definition) is 2. The molecule has 25 heavy (non-hydrogen) atoms. The maximum absolute atomic E-state index is 13.1. The van der Waals surface area contributed by atoms with Crippen molar-refractivity contribution >= 4 is 11.9 Å². The predicted octanol–water partition coefficient (Wildman–Crippen LogP) is 2.59. The van der Waals surface area contributed by atoms with Crippen molar-refractivity contribution in [3.63, 3.8) is 0 Å². The maximum Gasteiger partial charge on any atom is 0.315 e. The molecule has 2 N–H and O–H groups in total. The van der Waals surface area contributed by atoms with E-state index in [-0.39, 0.29) is 29.7 Å². The van der Waals surface area contributed by atoms with Gasteiger partial charge in [0.1, 0.15) is 5.82 Å². The van der Waals surface area contributed by atoms with E-state index in [1.54, 1.807) is 12.1 Å². The Balaban J connectivity index is 1.29. The summed E-state index contributed by atoms with van der Waals surface area (Å²) in [6.07, 6.45) is 4.92. The van der Waals surface area contributed by atoms with Gasteiger partial charge in [-0.3, -0.25) is 4.79 Å². The van der Waals surface area contributed by atoms with Gasteiger partial charge in [-0.05, 0) is 49.3 Å². The van der Waals surface area contributed by atoms with Gasteiger partial charge < -0.3 is 15.5 Å². The van der Waals surface area contributed by atoms with Crippen LogP contribution in [0.4, 0.5) is 9.18 Å². The average molecular weight is 345 g/mol. The second-order valence-electron chi connectivity index (χ2n) is 7.57. The number of hydrogen-bond acceptors (Lipinski definition) is 2. The highest BCUT2D eigenvalue weighted by Gasteiger charge is 2.39. The largest absolute Gasteiger partial charge is 0.339 e. The minimum absolute atomic E-state index is 0.0752. The van der Waals surface area contributed by atoms with Crippen molar-refractivity contribution in [3.8, 4) is 0 Å². The molecule has 2 aliphatic carbocycles. The lowest BCUT2D eigenvalue weighted by Crippen LogP contribution is -2.41. The topological polar surface area (TPSA) is 61.4 Å². The Bertz CT molecular complexity index is 655. The molecule has 4 rings (SSSR count). The second kappa shape index (κ2) is 6.65. The van der Waals surface area contributed by atoms with Gasteiger partial charge in [0, 0.05) is 31.5 Å². The molecule has 1 heterocycles. The van der Waals surface area contributed by atoms with Gasteiger partial charge in [-0.1, -0.05) is 12.1 Å². The number of benzene rings is 1. The lowest BCUT2D eigenvalue weighted by atomic mass is 10.0. The molecule has 1 saturated heterocycles. The first-order chi connectivity index (χ1) is 12.1. The molecule has 1 aliphatic heterocycles. The van der Waals surface area contributed by atoms with Crippen molar-refractivity contribution in [1.82, 2.24) is 15.5 Å². The van der Waals surface area contributed by atoms with Crippen LogP contribution in [0.25, 0.3) is 0 Å². The van der Waals surface area contributed by atoms with Gasteiger partial charge >= 0.3 is 6.03 Å². The van der Waals surface area contributed by atoms with E-state index in [2.05, 4.69) is 10.6 Å². The van der Waals surface area contributed by atoms with Gasteiger partial charge in [0.2, 0.25) is 5.91 Å². The average Bonchev–Trinajstić information content (AvgIpc) is 3.51. The van der Waals surface area contributed by atoms with E-state index in [1.807, 2.05) is 4.90 Å². The number of urea groups is 1. The molecule has 2 atom stereocenters. The predicted molar refractivity (Wildman–Crippen MR) is 91.2 cm³/mol. The van der Waals surface area contributed by atoms with Crippen LogP contribution in [0.5, 0.6) is 0 Å². The lowest BCUT2D eigenvalue weighted by molar-refractivity contribution is -0.128. The van der Waals surface area contributed by atoms with Gasteiger partial charge in [-0.25, -0.2) is 9.18 Å². The van der Waals surface area contributed by atoms with Gasteiger partial charge in [-0.15, -0.1) is 0 Å². The smallest absolute Gasteiger partial charge is 0.315 e.